The second kappa shape index (κ2) is 5.50. The van der Waals surface area contributed by atoms with Crippen LogP contribution in [0.5, 0.6) is 0 Å². The highest BCUT2D eigenvalue weighted by atomic mass is 16.4. The number of allylic oxidation sites excluding steroid dienone is 1. The van der Waals surface area contributed by atoms with E-state index in [9.17, 15) is 4.79 Å². The van der Waals surface area contributed by atoms with Gasteiger partial charge in [0.15, 0.2) is 0 Å². The average Bonchev–Trinajstić information content (AvgIpc) is 2.19. The van der Waals surface area contributed by atoms with Crippen molar-refractivity contribution in [1.82, 2.24) is 0 Å². The number of benzene rings is 1. The lowest BCUT2D eigenvalue weighted by atomic mass is 9.91. The van der Waals surface area contributed by atoms with E-state index in [0.717, 1.165) is 16.7 Å². The van der Waals surface area contributed by atoms with Crippen LogP contribution in [0.1, 0.15) is 24.5 Å². The van der Waals surface area contributed by atoms with Gasteiger partial charge in [-0.15, -0.1) is 6.58 Å². The van der Waals surface area contributed by atoms with Crippen molar-refractivity contribution in [2.24, 2.45) is 5.92 Å². The van der Waals surface area contributed by atoms with E-state index in [4.69, 9.17) is 5.11 Å². The fourth-order valence-electron chi connectivity index (χ4n) is 1.77. The molecule has 16 heavy (non-hydrogen) atoms. The van der Waals surface area contributed by atoms with Crippen molar-refractivity contribution in [2.45, 2.75) is 26.7 Å². The van der Waals surface area contributed by atoms with Crippen LogP contribution in [0.2, 0.25) is 0 Å². The summed E-state index contributed by atoms with van der Waals surface area (Å²) < 4.78 is 0. The summed E-state index contributed by atoms with van der Waals surface area (Å²) in [6.07, 6.45) is 1.12. The number of hydrogen-bond donors (Lipinski definition) is 1. The highest BCUT2D eigenvalue weighted by molar-refractivity contribution is 5.70. The molecule has 1 unspecified atom stereocenters. The van der Waals surface area contributed by atoms with Gasteiger partial charge in [-0.05, 0) is 37.8 Å². The Morgan fingerprint density at radius 1 is 1.44 bits per heavy atom. The maximum atomic E-state index is 11.1. The molecule has 0 spiro atoms. The number of aryl methyl sites for hydroxylation is 1. The van der Waals surface area contributed by atoms with Gasteiger partial charge in [0, 0.05) is 0 Å². The van der Waals surface area contributed by atoms with Crippen LogP contribution in [0.25, 0.3) is 0 Å². The molecule has 0 saturated carbocycles. The van der Waals surface area contributed by atoms with E-state index in [1.54, 1.807) is 0 Å². The van der Waals surface area contributed by atoms with Crippen LogP contribution in [0.3, 0.4) is 0 Å². The van der Waals surface area contributed by atoms with E-state index >= 15 is 0 Å². The van der Waals surface area contributed by atoms with Gasteiger partial charge >= 0.3 is 5.97 Å². The minimum absolute atomic E-state index is 0.362. The van der Waals surface area contributed by atoms with Crippen molar-refractivity contribution in [1.29, 1.82) is 0 Å². The van der Waals surface area contributed by atoms with Gasteiger partial charge in [-0.1, -0.05) is 29.8 Å². The Kier molecular flexibility index (Phi) is 4.29. The number of rotatable bonds is 5. The summed E-state index contributed by atoms with van der Waals surface area (Å²) in [7, 11) is 0. The maximum absolute atomic E-state index is 11.1. The minimum Gasteiger partial charge on any atom is -0.481 e. The fraction of sp³-hybridized carbons (Fsp3) is 0.357. The van der Waals surface area contributed by atoms with Crippen molar-refractivity contribution in [3.8, 4) is 0 Å². The van der Waals surface area contributed by atoms with E-state index < -0.39 is 5.97 Å². The molecule has 0 aliphatic carbocycles. The Bertz CT molecular complexity index is 393. The van der Waals surface area contributed by atoms with E-state index in [0.29, 0.717) is 12.8 Å². The zero-order valence-corrected chi connectivity index (χ0v) is 9.86. The van der Waals surface area contributed by atoms with Crippen LogP contribution in [0, 0.1) is 12.8 Å². The number of carboxylic acid groups (broad SMARTS) is 1. The summed E-state index contributed by atoms with van der Waals surface area (Å²) in [6, 6.07) is 7.91. The smallest absolute Gasteiger partial charge is 0.307 e. The first-order valence-corrected chi connectivity index (χ1v) is 5.42. The molecule has 2 nitrogen and oxygen atoms in total. The van der Waals surface area contributed by atoms with Crippen molar-refractivity contribution in [2.75, 3.05) is 0 Å². The summed E-state index contributed by atoms with van der Waals surface area (Å²) in [6.45, 7) is 7.66. The number of carbonyl (C=O) groups is 1. The van der Waals surface area contributed by atoms with Crippen molar-refractivity contribution >= 4 is 5.97 Å². The first-order chi connectivity index (χ1) is 7.50. The maximum Gasteiger partial charge on any atom is 0.307 e. The van der Waals surface area contributed by atoms with E-state index in [1.807, 2.05) is 38.1 Å². The molecule has 0 amide bonds. The van der Waals surface area contributed by atoms with Gasteiger partial charge in [-0.25, -0.2) is 0 Å². The van der Waals surface area contributed by atoms with Gasteiger partial charge in [0.1, 0.15) is 0 Å². The van der Waals surface area contributed by atoms with Gasteiger partial charge in [-0.2, -0.15) is 0 Å². The number of aliphatic carboxylic acids is 1. The quantitative estimate of drug-likeness (QED) is 0.770. The predicted molar refractivity (Wildman–Crippen MR) is 65.4 cm³/mol. The Hall–Kier alpha value is -1.57. The van der Waals surface area contributed by atoms with Crippen LogP contribution in [0.15, 0.2) is 36.4 Å². The van der Waals surface area contributed by atoms with Crippen LogP contribution in [-0.4, -0.2) is 11.1 Å². The van der Waals surface area contributed by atoms with E-state index in [-0.39, 0.29) is 5.92 Å². The normalized spacial score (nSPS) is 12.1. The van der Waals surface area contributed by atoms with Crippen LogP contribution < -0.4 is 0 Å². The lowest BCUT2D eigenvalue weighted by Gasteiger charge is -2.13. The average molecular weight is 218 g/mol. The third-order valence-electron chi connectivity index (χ3n) is 2.67. The molecule has 0 fully saturated rings. The van der Waals surface area contributed by atoms with Crippen LogP contribution in [-0.2, 0) is 11.2 Å². The van der Waals surface area contributed by atoms with E-state index in [2.05, 4.69) is 6.58 Å². The summed E-state index contributed by atoms with van der Waals surface area (Å²) in [5, 5.41) is 9.13. The Morgan fingerprint density at radius 3 is 2.56 bits per heavy atom. The van der Waals surface area contributed by atoms with Gasteiger partial charge in [0.25, 0.3) is 0 Å². The third-order valence-corrected chi connectivity index (χ3v) is 2.67. The molecule has 1 aromatic carbocycles. The summed E-state index contributed by atoms with van der Waals surface area (Å²) in [4.78, 5) is 11.1. The molecule has 0 aliphatic heterocycles. The molecular weight excluding hydrogens is 200 g/mol. The topological polar surface area (TPSA) is 37.3 Å². The highest BCUT2D eigenvalue weighted by Crippen LogP contribution is 2.18. The third kappa shape index (κ3) is 3.54. The zero-order chi connectivity index (χ0) is 12.1. The molecule has 1 atom stereocenters. The second-order valence-corrected chi connectivity index (χ2v) is 4.33. The van der Waals surface area contributed by atoms with Gasteiger partial charge in [-0.3, -0.25) is 4.79 Å². The molecule has 0 aliphatic rings. The molecule has 2 heteroatoms. The molecule has 0 heterocycles. The Labute approximate surface area is 96.6 Å². The highest BCUT2D eigenvalue weighted by Gasteiger charge is 2.18. The van der Waals surface area contributed by atoms with Gasteiger partial charge in [0.2, 0.25) is 0 Å². The first kappa shape index (κ1) is 12.5. The van der Waals surface area contributed by atoms with E-state index in [1.165, 1.54) is 0 Å². The molecular formula is C14H18O2. The second-order valence-electron chi connectivity index (χ2n) is 4.33. The SMILES string of the molecule is C=C(C)CC(Cc1ccccc1C)C(=O)O. The molecule has 0 saturated heterocycles. The lowest BCUT2D eigenvalue weighted by molar-refractivity contribution is -0.141. The molecule has 86 valence electrons. The van der Waals surface area contributed by atoms with Crippen LogP contribution in [0.4, 0.5) is 0 Å². The number of hydrogen-bond acceptors (Lipinski definition) is 1. The monoisotopic (exact) mass is 218 g/mol. The number of carboxylic acids is 1. The van der Waals surface area contributed by atoms with Crippen molar-refractivity contribution < 1.29 is 9.90 Å². The summed E-state index contributed by atoms with van der Waals surface area (Å²) in [5.41, 5.74) is 3.17. The molecule has 0 aromatic heterocycles. The summed E-state index contributed by atoms with van der Waals surface area (Å²) in [5.74, 6) is -1.11. The molecule has 1 rings (SSSR count). The van der Waals surface area contributed by atoms with Gasteiger partial charge in [0.05, 0.1) is 5.92 Å². The molecule has 1 N–H and O–H groups in total. The van der Waals surface area contributed by atoms with Crippen LogP contribution >= 0.6 is 0 Å². The fourth-order valence-corrected chi connectivity index (χ4v) is 1.77. The molecule has 0 bridgehead atoms. The largest absolute Gasteiger partial charge is 0.481 e. The van der Waals surface area contributed by atoms with Crippen molar-refractivity contribution in [3.63, 3.8) is 0 Å². The van der Waals surface area contributed by atoms with Gasteiger partial charge < -0.3 is 5.11 Å². The zero-order valence-electron chi connectivity index (χ0n) is 9.86. The first-order valence-electron chi connectivity index (χ1n) is 5.42. The Morgan fingerprint density at radius 2 is 2.06 bits per heavy atom. The lowest BCUT2D eigenvalue weighted by Crippen LogP contribution is -2.17. The molecule has 1 aromatic rings. The Balaban J connectivity index is 2.80. The van der Waals surface area contributed by atoms with Crippen molar-refractivity contribution in [3.05, 3.63) is 47.5 Å². The minimum atomic E-state index is -0.744. The molecule has 0 radical (unpaired) electrons. The predicted octanol–water partition coefficient (Wildman–Crippen LogP) is 3.20. The standard InChI is InChI=1S/C14H18O2/c1-10(2)8-13(14(15)16)9-12-7-5-4-6-11(12)3/h4-7,13H,1,8-9H2,2-3H3,(H,15,16). The summed E-state index contributed by atoms with van der Waals surface area (Å²) >= 11 is 0.